The summed E-state index contributed by atoms with van der Waals surface area (Å²) in [5.74, 6) is -6.97. The first-order valence-electron chi connectivity index (χ1n) is 23.1. The number of aryl methyl sites for hydroxylation is 2. The molecule has 5 N–H and O–H groups in total. The number of nitrogens with one attached hydrogen (secondary N) is 1. The number of esters is 2. The normalized spacial score (nSPS) is 14.0. The average molecular weight is 1300 g/mol. The summed E-state index contributed by atoms with van der Waals surface area (Å²) in [4.78, 5) is 57.4. The number of carbonyl (C=O) groups excluding carboxylic acids is 3. The van der Waals surface area contributed by atoms with Gasteiger partial charge >= 0.3 is 30.1 Å². The highest BCUT2D eigenvalue weighted by molar-refractivity contribution is 7.92. The number of rotatable bonds is 13. The Bertz CT molecular complexity index is 3970. The number of hydrogen-bond donors (Lipinski definition) is 4. The van der Waals surface area contributed by atoms with Crippen molar-refractivity contribution in [3.63, 3.8) is 0 Å². The van der Waals surface area contributed by atoms with E-state index in [9.17, 15) is 67.5 Å². The minimum Gasteiger partial charge on any atom is -0.493 e. The number of carboxylic acids is 1. The van der Waals surface area contributed by atoms with Crippen LogP contribution < -0.4 is 20.2 Å². The molecule has 7 aromatic rings. The van der Waals surface area contributed by atoms with E-state index in [4.69, 9.17) is 71.5 Å². The predicted molar refractivity (Wildman–Crippen MR) is 290 cm³/mol. The second-order valence-corrected chi connectivity index (χ2v) is 22.2. The molecule has 1 aliphatic heterocycles. The van der Waals surface area contributed by atoms with Gasteiger partial charge in [-0.2, -0.15) is 41.3 Å². The van der Waals surface area contributed by atoms with Crippen LogP contribution in [0.15, 0.2) is 82.0 Å². The monoisotopic (exact) mass is 1300 g/mol. The van der Waals surface area contributed by atoms with E-state index in [0.29, 0.717) is 38.6 Å². The maximum atomic E-state index is 13.7. The molecule has 1 aliphatic rings. The van der Waals surface area contributed by atoms with Gasteiger partial charge in [-0.15, -0.1) is 5.10 Å². The van der Waals surface area contributed by atoms with Crippen LogP contribution in [0.25, 0.3) is 5.65 Å². The molecule has 0 saturated heterocycles. The van der Waals surface area contributed by atoms with Crippen molar-refractivity contribution in [3.8, 4) is 11.9 Å². The number of aromatic nitrogens is 7. The van der Waals surface area contributed by atoms with Crippen molar-refractivity contribution in [3.05, 3.63) is 133 Å². The third kappa shape index (κ3) is 15.2. The van der Waals surface area contributed by atoms with Gasteiger partial charge in [-0.1, -0.05) is 52.5 Å². The summed E-state index contributed by atoms with van der Waals surface area (Å²) in [6.07, 6.45) is -3.23. The maximum absolute atomic E-state index is 13.7. The highest BCUT2D eigenvalue weighted by Gasteiger charge is 2.49. The zero-order valence-corrected chi connectivity index (χ0v) is 48.7. The Hall–Kier alpha value is -8.04. The maximum Gasteiger partial charge on any atom is 0.416 e. The van der Waals surface area contributed by atoms with E-state index in [2.05, 4.69) is 30.3 Å². The minimum absolute atomic E-state index is 0.00861. The first-order valence-corrected chi connectivity index (χ1v) is 28.0. The lowest BCUT2D eigenvalue weighted by Gasteiger charge is -2.32. The van der Waals surface area contributed by atoms with Crippen LogP contribution in [0, 0.1) is 24.4 Å². The zero-order valence-electron chi connectivity index (χ0n) is 44.1. The van der Waals surface area contributed by atoms with Gasteiger partial charge in [-0.25, -0.2) is 55.6 Å². The predicted octanol–water partition coefficient (Wildman–Crippen LogP) is 8.55. The van der Waals surface area contributed by atoms with Gasteiger partial charge < -0.3 is 30.2 Å². The lowest BCUT2D eigenvalue weighted by atomic mass is 9.95. The fraction of sp³-hybridized carbons (Fsp3) is 0.250. The molecular formula is C48H43Cl4F6N11O13S2. The Morgan fingerprint density at radius 1 is 0.893 bits per heavy atom. The van der Waals surface area contributed by atoms with Crippen LogP contribution in [0.4, 0.5) is 43.4 Å². The van der Waals surface area contributed by atoms with Crippen molar-refractivity contribution in [1.82, 2.24) is 34.3 Å². The van der Waals surface area contributed by atoms with Crippen LogP contribution in [0.2, 0.25) is 20.2 Å². The van der Waals surface area contributed by atoms with Gasteiger partial charge in [0.15, 0.2) is 32.5 Å². The number of anilines is 3. The van der Waals surface area contributed by atoms with Gasteiger partial charge in [0.25, 0.3) is 15.2 Å². The number of benzene rings is 3. The molecule has 0 aliphatic carbocycles. The number of nitrogens with zero attached hydrogens (tertiary/aromatic N) is 9. The molecule has 0 saturated carbocycles. The smallest absolute Gasteiger partial charge is 0.416 e. The number of nitrogens with two attached hydrogens (primary N) is 1. The largest absolute Gasteiger partial charge is 0.493 e. The number of methoxy groups -OCH3 is 1. The summed E-state index contributed by atoms with van der Waals surface area (Å²) >= 11 is 23.2. The second-order valence-electron chi connectivity index (χ2n) is 17.0. The number of hydrogen-bond acceptors (Lipinski definition) is 20. The molecule has 8 rings (SSSR count). The van der Waals surface area contributed by atoms with Crippen molar-refractivity contribution in [2.75, 3.05) is 42.0 Å². The molecule has 5 heterocycles. The summed E-state index contributed by atoms with van der Waals surface area (Å²) in [5.41, 5.74) is 1.34. The Morgan fingerprint density at radius 3 is 2.06 bits per heavy atom. The third-order valence-corrected chi connectivity index (χ3v) is 14.4. The molecule has 84 heavy (non-hydrogen) atoms. The van der Waals surface area contributed by atoms with Crippen molar-refractivity contribution < 1.29 is 86.8 Å². The number of ketones is 1. The van der Waals surface area contributed by atoms with Crippen LogP contribution in [0.5, 0.6) is 11.9 Å². The van der Waals surface area contributed by atoms with Crippen LogP contribution >= 0.6 is 46.4 Å². The summed E-state index contributed by atoms with van der Waals surface area (Å²) in [6.45, 7) is 6.90. The van der Waals surface area contributed by atoms with Crippen molar-refractivity contribution in [2.24, 2.45) is 12.1 Å². The quantitative estimate of drug-likeness (QED) is 0.0363. The standard InChI is InChI=1S/C16H18Cl2N2O4.C14H13F3N2O4S.C12H8F3N5O3S.C6H4Cl2N2O2/c1-4-23-14(21)12-9-16(3,15(22)24-5-2)20(19-12)13-7-6-10(17)8-11(13)18;1-7-11(13(21)19(2)18-7)12(20)9-5-4-8(14(15,16)17)6-10(9)24(3,22)23;1-23-12-16-5-8(15)10-17-11(18-20(10)12)24(21,22)19-9-6(13)3-2-4-7(9)14;7-3-1-2(9)4(8)5(10-3)6(11)12/h6-8H,4-5,9H2,1-3H3;4-6,21H,1-3H3;2-5,19H,1H3;1H,(H2,9,10)(H,11,12). The van der Waals surface area contributed by atoms with Crippen molar-refractivity contribution in [2.45, 2.75) is 55.9 Å². The number of halogens is 10. The first-order chi connectivity index (χ1) is 39.0. The second kappa shape index (κ2) is 26.7. The number of aromatic hydroxyl groups is 1. The number of aromatic carboxylic acids is 1. The minimum atomic E-state index is -4.76. The number of hydrazone groups is 1. The third-order valence-electron chi connectivity index (χ3n) is 11.0. The molecule has 0 radical (unpaired) electrons. The number of sulfonamides is 1. The molecule has 0 fully saturated rings. The summed E-state index contributed by atoms with van der Waals surface area (Å²) in [5, 5.41) is 31.3. The Balaban J connectivity index is 0.000000210. The van der Waals surface area contributed by atoms with E-state index >= 15 is 0 Å². The Kier molecular flexibility index (Phi) is 21.2. The van der Waals surface area contributed by atoms with Gasteiger partial charge in [0, 0.05) is 30.3 Å². The van der Waals surface area contributed by atoms with E-state index in [-0.39, 0.29) is 64.2 Å². The molecule has 1 atom stereocenters. The van der Waals surface area contributed by atoms with Crippen molar-refractivity contribution >= 4 is 118 Å². The molecule has 0 amide bonds. The molecule has 0 spiro atoms. The van der Waals surface area contributed by atoms with Gasteiger partial charge in [-0.3, -0.25) is 9.52 Å². The number of sulfone groups is 1. The van der Waals surface area contributed by atoms with Crippen LogP contribution in [-0.2, 0) is 52.1 Å². The number of ether oxygens (including phenoxy) is 3. The molecule has 24 nitrogen and oxygen atoms in total. The average Bonchev–Trinajstić information content (AvgIpc) is 1.94. The topological polar surface area (TPSA) is 332 Å². The summed E-state index contributed by atoms with van der Waals surface area (Å²) < 4.78 is 146. The zero-order chi connectivity index (χ0) is 63.1. The number of carbonyl (C=O) groups is 4. The van der Waals surface area contributed by atoms with Crippen LogP contribution in [0.3, 0.4) is 0 Å². The Morgan fingerprint density at radius 2 is 1.52 bits per heavy atom. The van der Waals surface area contributed by atoms with Gasteiger partial charge in [-0.05, 0) is 82.3 Å². The van der Waals surface area contributed by atoms with Gasteiger partial charge in [0.1, 0.15) is 33.8 Å². The molecule has 450 valence electrons. The SMILES string of the molecule is CCOC(=O)C1=NN(c2ccc(Cl)cc2Cl)C(C)(C(=O)OCC)C1.COc1ncc(F)c2nc(S(=O)(=O)Nc3c(F)cccc3F)nn12.Cc1nn(C)c(O)c1C(=O)c1ccc(C(F)(F)F)cc1S(C)(=O)=O.Nc1cc(Cl)nc(C(=O)O)c1Cl. The lowest BCUT2D eigenvalue weighted by Crippen LogP contribution is -2.48. The number of nitrogen functional groups attached to an aromatic ring is 1. The lowest BCUT2D eigenvalue weighted by molar-refractivity contribution is -0.148. The highest BCUT2D eigenvalue weighted by Crippen LogP contribution is 2.40. The molecular weight excluding hydrogens is 1260 g/mol. The van der Waals surface area contributed by atoms with E-state index in [0.717, 1.165) is 35.1 Å². The number of pyridine rings is 1. The molecule has 4 aromatic heterocycles. The summed E-state index contributed by atoms with van der Waals surface area (Å²) in [7, 11) is -6.13. The van der Waals surface area contributed by atoms with E-state index < -0.39 is 111 Å². The molecule has 3 aromatic carbocycles. The van der Waals surface area contributed by atoms with E-state index in [1.54, 1.807) is 43.7 Å². The van der Waals surface area contributed by atoms with E-state index in [1.807, 2.05) is 0 Å². The number of fused-ring (bicyclic) bond motifs is 1. The first kappa shape index (κ1) is 66.8. The van der Waals surface area contributed by atoms with Crippen LogP contribution in [0.1, 0.15) is 64.9 Å². The van der Waals surface area contributed by atoms with Gasteiger partial charge in [0.2, 0.25) is 11.7 Å². The van der Waals surface area contributed by atoms with E-state index in [1.165, 1.54) is 32.2 Å². The molecule has 0 bridgehead atoms. The highest BCUT2D eigenvalue weighted by atomic mass is 35.5. The van der Waals surface area contributed by atoms with Crippen molar-refractivity contribution in [1.29, 1.82) is 0 Å². The number of para-hydroxylation sites is 1. The fourth-order valence-electron chi connectivity index (χ4n) is 7.14. The number of carboxylic acid groups (broad SMARTS) is 1. The molecule has 36 heteroatoms. The summed E-state index contributed by atoms with van der Waals surface area (Å²) in [6, 6.07) is 10.5. The van der Waals surface area contributed by atoms with Crippen LogP contribution in [-0.4, -0.2) is 123 Å². The Labute approximate surface area is 491 Å². The van der Waals surface area contributed by atoms with Gasteiger partial charge in [0.05, 0.1) is 64.1 Å². The number of alkyl halides is 3. The molecule has 1 unspecified atom stereocenters. The fourth-order valence-corrected chi connectivity index (χ4v) is 9.86.